The van der Waals surface area contributed by atoms with E-state index in [9.17, 15) is 9.59 Å². The summed E-state index contributed by atoms with van der Waals surface area (Å²) in [5.41, 5.74) is 1.25. The van der Waals surface area contributed by atoms with Crippen molar-refractivity contribution in [1.29, 1.82) is 0 Å². The molecule has 0 heterocycles. The van der Waals surface area contributed by atoms with Crippen LogP contribution < -0.4 is 5.32 Å². The number of hydrogen-bond acceptors (Lipinski definition) is 3. The van der Waals surface area contributed by atoms with Crippen LogP contribution in [0.2, 0.25) is 0 Å². The molecule has 4 nitrogen and oxygen atoms in total. The van der Waals surface area contributed by atoms with Crippen molar-refractivity contribution in [3.8, 4) is 0 Å². The Labute approximate surface area is 118 Å². The molecule has 0 aromatic heterocycles. The number of aliphatic carboxylic acids is 1. The van der Waals surface area contributed by atoms with E-state index < -0.39 is 12.0 Å². The van der Waals surface area contributed by atoms with Crippen LogP contribution in [0, 0.1) is 0 Å². The summed E-state index contributed by atoms with van der Waals surface area (Å²) in [6, 6.07) is 9.17. The van der Waals surface area contributed by atoms with Crippen LogP contribution >= 0.6 is 12.6 Å². The zero-order valence-electron chi connectivity index (χ0n) is 10.7. The lowest BCUT2D eigenvalue weighted by molar-refractivity contribution is -0.141. The van der Waals surface area contributed by atoms with Crippen LogP contribution in [-0.2, 0) is 16.0 Å². The van der Waals surface area contributed by atoms with Crippen LogP contribution in [0.1, 0.15) is 24.8 Å². The molecule has 5 heteroatoms. The van der Waals surface area contributed by atoms with Gasteiger partial charge in [0.2, 0.25) is 5.91 Å². The Morgan fingerprint density at radius 1 is 1.21 bits per heavy atom. The van der Waals surface area contributed by atoms with Crippen molar-refractivity contribution in [3.05, 3.63) is 35.9 Å². The van der Waals surface area contributed by atoms with Gasteiger partial charge < -0.3 is 10.4 Å². The Hall–Kier alpha value is -1.49. The Morgan fingerprint density at radius 3 is 2.47 bits per heavy atom. The van der Waals surface area contributed by atoms with Gasteiger partial charge in [-0.3, -0.25) is 4.79 Å². The number of hydrogen-bond donors (Lipinski definition) is 3. The highest BCUT2D eigenvalue weighted by molar-refractivity contribution is 7.80. The van der Waals surface area contributed by atoms with Gasteiger partial charge in [-0.05, 0) is 24.8 Å². The third-order valence-electron chi connectivity index (χ3n) is 2.78. The number of rotatable bonds is 8. The summed E-state index contributed by atoms with van der Waals surface area (Å²) in [5.74, 6) is -1.17. The molecule has 0 saturated heterocycles. The summed E-state index contributed by atoms with van der Waals surface area (Å²) < 4.78 is 0. The SMILES string of the molecule is O=C(CCCCc1ccccc1)N[C@@H](CS)C(=O)O. The lowest BCUT2D eigenvalue weighted by Gasteiger charge is -2.11. The normalized spacial score (nSPS) is 11.8. The first-order valence-corrected chi connectivity index (χ1v) is 6.93. The third-order valence-corrected chi connectivity index (χ3v) is 3.14. The van der Waals surface area contributed by atoms with Gasteiger partial charge in [0.25, 0.3) is 0 Å². The van der Waals surface area contributed by atoms with Crippen molar-refractivity contribution in [2.45, 2.75) is 31.7 Å². The third kappa shape index (κ3) is 6.29. The Balaban J connectivity index is 2.19. The van der Waals surface area contributed by atoms with E-state index in [0.717, 1.165) is 19.3 Å². The summed E-state index contributed by atoms with van der Waals surface area (Å²) in [4.78, 5) is 22.2. The predicted octanol–water partition coefficient (Wildman–Crippen LogP) is 1.90. The minimum Gasteiger partial charge on any atom is -0.480 e. The summed E-state index contributed by atoms with van der Waals surface area (Å²) in [6.07, 6.45) is 2.95. The van der Waals surface area contributed by atoms with Crippen LogP contribution in [-0.4, -0.2) is 28.8 Å². The zero-order valence-corrected chi connectivity index (χ0v) is 11.6. The van der Waals surface area contributed by atoms with E-state index in [1.165, 1.54) is 5.56 Å². The van der Waals surface area contributed by atoms with E-state index in [-0.39, 0.29) is 11.7 Å². The van der Waals surface area contributed by atoms with Gasteiger partial charge in [0.05, 0.1) is 0 Å². The van der Waals surface area contributed by atoms with Gasteiger partial charge in [-0.1, -0.05) is 30.3 Å². The Morgan fingerprint density at radius 2 is 1.89 bits per heavy atom. The molecule has 0 aliphatic heterocycles. The molecule has 0 fully saturated rings. The number of carbonyl (C=O) groups is 2. The summed E-state index contributed by atoms with van der Waals surface area (Å²) in [6.45, 7) is 0. The Kier molecular flexibility index (Phi) is 7.03. The monoisotopic (exact) mass is 281 g/mol. The van der Waals surface area contributed by atoms with E-state index in [4.69, 9.17) is 5.11 Å². The first-order valence-electron chi connectivity index (χ1n) is 6.30. The molecule has 0 saturated carbocycles. The van der Waals surface area contributed by atoms with Gasteiger partial charge in [0.1, 0.15) is 6.04 Å². The maximum absolute atomic E-state index is 11.5. The molecule has 19 heavy (non-hydrogen) atoms. The van der Waals surface area contributed by atoms with Gasteiger partial charge in [0.15, 0.2) is 0 Å². The number of thiol groups is 1. The minimum atomic E-state index is -1.05. The van der Waals surface area contributed by atoms with E-state index in [1.807, 2.05) is 18.2 Å². The lowest BCUT2D eigenvalue weighted by Crippen LogP contribution is -2.42. The average molecular weight is 281 g/mol. The van der Waals surface area contributed by atoms with E-state index in [1.54, 1.807) is 0 Å². The molecule has 1 rings (SSSR count). The van der Waals surface area contributed by atoms with Crippen LogP contribution in [0.5, 0.6) is 0 Å². The van der Waals surface area contributed by atoms with Gasteiger partial charge in [0, 0.05) is 12.2 Å². The summed E-state index contributed by atoms with van der Waals surface area (Å²) in [5, 5.41) is 11.2. The van der Waals surface area contributed by atoms with E-state index in [2.05, 4.69) is 30.1 Å². The summed E-state index contributed by atoms with van der Waals surface area (Å²) >= 11 is 3.89. The van der Waals surface area contributed by atoms with Gasteiger partial charge in [-0.25, -0.2) is 4.79 Å². The standard InChI is InChI=1S/C14H19NO3S/c16-13(15-12(10-19)14(17)18)9-5-4-8-11-6-2-1-3-7-11/h1-3,6-7,12,19H,4-5,8-10H2,(H,15,16)(H,17,18)/t12-/m0/s1. The van der Waals surface area contributed by atoms with Crippen molar-refractivity contribution < 1.29 is 14.7 Å². The van der Waals surface area contributed by atoms with Crippen LogP contribution in [0.25, 0.3) is 0 Å². The second-order valence-electron chi connectivity index (χ2n) is 4.33. The molecular weight excluding hydrogens is 262 g/mol. The highest BCUT2D eigenvalue weighted by Crippen LogP contribution is 2.06. The van der Waals surface area contributed by atoms with Crippen LogP contribution in [0.3, 0.4) is 0 Å². The van der Waals surface area contributed by atoms with Crippen molar-refractivity contribution in [2.75, 3.05) is 5.75 Å². The molecule has 0 radical (unpaired) electrons. The molecule has 0 aliphatic carbocycles. The number of carboxylic acid groups (broad SMARTS) is 1. The fourth-order valence-electron chi connectivity index (χ4n) is 1.71. The van der Waals surface area contributed by atoms with Crippen molar-refractivity contribution in [3.63, 3.8) is 0 Å². The van der Waals surface area contributed by atoms with Gasteiger partial charge >= 0.3 is 5.97 Å². The number of carboxylic acids is 1. The zero-order chi connectivity index (χ0) is 14.1. The quantitative estimate of drug-likeness (QED) is 0.503. The topological polar surface area (TPSA) is 66.4 Å². The summed E-state index contributed by atoms with van der Waals surface area (Å²) in [7, 11) is 0. The first-order chi connectivity index (χ1) is 9.13. The fraction of sp³-hybridized carbons (Fsp3) is 0.429. The van der Waals surface area contributed by atoms with Gasteiger partial charge in [-0.2, -0.15) is 12.6 Å². The highest BCUT2D eigenvalue weighted by atomic mass is 32.1. The number of aryl methyl sites for hydroxylation is 1. The molecule has 0 unspecified atom stereocenters. The average Bonchev–Trinajstić information content (AvgIpc) is 2.42. The molecular formula is C14H19NO3S. The number of nitrogens with one attached hydrogen (secondary N) is 1. The van der Waals surface area contributed by atoms with E-state index >= 15 is 0 Å². The Bertz CT molecular complexity index is 408. The maximum Gasteiger partial charge on any atom is 0.327 e. The number of unbranched alkanes of at least 4 members (excludes halogenated alkanes) is 1. The molecule has 1 aromatic rings. The maximum atomic E-state index is 11.5. The second kappa shape index (κ2) is 8.58. The predicted molar refractivity (Wildman–Crippen MR) is 77.4 cm³/mol. The lowest BCUT2D eigenvalue weighted by atomic mass is 10.1. The molecule has 0 spiro atoms. The smallest absolute Gasteiger partial charge is 0.327 e. The minimum absolute atomic E-state index is 0.102. The van der Waals surface area contributed by atoms with Crippen molar-refractivity contribution >= 4 is 24.5 Å². The fourth-order valence-corrected chi connectivity index (χ4v) is 1.96. The van der Waals surface area contributed by atoms with Crippen LogP contribution in [0.4, 0.5) is 0 Å². The number of amides is 1. The molecule has 1 atom stereocenters. The van der Waals surface area contributed by atoms with Crippen LogP contribution in [0.15, 0.2) is 30.3 Å². The molecule has 104 valence electrons. The number of benzene rings is 1. The largest absolute Gasteiger partial charge is 0.480 e. The van der Waals surface area contributed by atoms with E-state index in [0.29, 0.717) is 6.42 Å². The highest BCUT2D eigenvalue weighted by Gasteiger charge is 2.17. The van der Waals surface area contributed by atoms with Crippen molar-refractivity contribution in [2.24, 2.45) is 0 Å². The molecule has 0 aliphatic rings. The second-order valence-corrected chi connectivity index (χ2v) is 4.70. The molecule has 2 N–H and O–H groups in total. The first kappa shape index (κ1) is 15.6. The van der Waals surface area contributed by atoms with Gasteiger partial charge in [-0.15, -0.1) is 0 Å². The molecule has 1 amide bonds. The molecule has 1 aromatic carbocycles. The number of carbonyl (C=O) groups excluding carboxylic acids is 1. The van der Waals surface area contributed by atoms with Crippen molar-refractivity contribution in [1.82, 2.24) is 5.32 Å². The molecule has 0 bridgehead atoms.